The van der Waals surface area contributed by atoms with Crippen molar-refractivity contribution >= 4 is 23.2 Å². The van der Waals surface area contributed by atoms with Crippen molar-refractivity contribution in [1.82, 2.24) is 14.7 Å². The number of hydrogen-bond acceptors (Lipinski definition) is 4. The Labute approximate surface area is 221 Å². The fourth-order valence-electron chi connectivity index (χ4n) is 5.66. The molecule has 0 spiro atoms. The van der Waals surface area contributed by atoms with Gasteiger partial charge in [0, 0.05) is 57.0 Å². The summed E-state index contributed by atoms with van der Waals surface area (Å²) in [5.74, 6) is 0.494. The van der Waals surface area contributed by atoms with Crippen LogP contribution in [0.5, 0.6) is 0 Å². The van der Waals surface area contributed by atoms with Gasteiger partial charge in [0.05, 0.1) is 6.04 Å². The van der Waals surface area contributed by atoms with Crippen molar-refractivity contribution in [3.8, 4) is 0 Å². The zero-order valence-electron chi connectivity index (χ0n) is 22.0. The second-order valence-corrected chi connectivity index (χ2v) is 11.3. The average Bonchev–Trinajstić information content (AvgIpc) is 3.24. The van der Waals surface area contributed by atoms with Gasteiger partial charge in [-0.2, -0.15) is 0 Å². The third kappa shape index (κ3) is 7.19. The molecule has 3 heterocycles. The summed E-state index contributed by atoms with van der Waals surface area (Å²) >= 11 is 1.85. The summed E-state index contributed by atoms with van der Waals surface area (Å²) in [5, 5.41) is 2.20. The van der Waals surface area contributed by atoms with Crippen LogP contribution in [0.4, 0.5) is 0 Å². The third-order valence-corrected chi connectivity index (χ3v) is 8.74. The van der Waals surface area contributed by atoms with E-state index >= 15 is 0 Å². The smallest absolute Gasteiger partial charge is 0.223 e. The summed E-state index contributed by atoms with van der Waals surface area (Å²) < 4.78 is 0. The Morgan fingerprint density at radius 2 is 1.53 bits per heavy atom. The van der Waals surface area contributed by atoms with Crippen molar-refractivity contribution in [3.05, 3.63) is 57.8 Å². The molecular formula is C30H43N3O2S. The van der Waals surface area contributed by atoms with Crippen molar-refractivity contribution in [3.63, 3.8) is 0 Å². The topological polar surface area (TPSA) is 43.9 Å². The predicted octanol–water partition coefficient (Wildman–Crippen LogP) is 5.90. The first-order valence-corrected chi connectivity index (χ1v) is 15.0. The van der Waals surface area contributed by atoms with Crippen LogP contribution >= 0.6 is 11.3 Å². The van der Waals surface area contributed by atoms with Gasteiger partial charge in [-0.3, -0.25) is 14.5 Å². The van der Waals surface area contributed by atoms with Crippen molar-refractivity contribution in [2.24, 2.45) is 0 Å². The molecule has 0 N–H and O–H groups in total. The minimum atomic E-state index is 0.225. The van der Waals surface area contributed by atoms with E-state index in [9.17, 15) is 9.59 Å². The first-order valence-electron chi connectivity index (χ1n) is 14.1. The third-order valence-electron chi connectivity index (χ3n) is 7.74. The molecular weight excluding hydrogens is 466 g/mol. The summed E-state index contributed by atoms with van der Waals surface area (Å²) in [4.78, 5) is 33.9. The molecule has 0 bridgehead atoms. The molecule has 0 aliphatic carbocycles. The number of amides is 2. The molecule has 1 saturated heterocycles. The van der Waals surface area contributed by atoms with Crippen molar-refractivity contribution in [1.29, 1.82) is 0 Å². The van der Waals surface area contributed by atoms with E-state index in [2.05, 4.69) is 53.6 Å². The minimum absolute atomic E-state index is 0.225. The SMILES string of the molecule is CCCCCCCCC(=O)N1CCCN(C(=O)CCN2CCc3sccc3[C@H]2c2ccccc2)CC1. The van der Waals surface area contributed by atoms with Crippen LogP contribution in [0, 0.1) is 0 Å². The highest BCUT2D eigenvalue weighted by Crippen LogP contribution is 2.37. The number of thiophene rings is 1. The first kappa shape index (κ1) is 26.9. The molecule has 1 aromatic heterocycles. The number of unbranched alkanes of at least 4 members (excludes halogenated alkanes) is 5. The molecule has 0 unspecified atom stereocenters. The number of fused-ring (bicyclic) bond motifs is 1. The van der Waals surface area contributed by atoms with Crippen LogP contribution in [0.3, 0.4) is 0 Å². The highest BCUT2D eigenvalue weighted by Gasteiger charge is 2.30. The van der Waals surface area contributed by atoms with Crippen molar-refractivity contribution < 1.29 is 9.59 Å². The maximum Gasteiger partial charge on any atom is 0.223 e. The summed E-state index contributed by atoms with van der Waals surface area (Å²) in [6, 6.07) is 13.2. The number of benzene rings is 1. The zero-order chi connectivity index (χ0) is 25.2. The van der Waals surface area contributed by atoms with Crippen molar-refractivity contribution in [2.75, 3.05) is 39.3 Å². The molecule has 6 heteroatoms. The lowest BCUT2D eigenvalue weighted by molar-refractivity contribution is -0.133. The molecule has 2 amide bonds. The second kappa shape index (κ2) is 13.9. The lowest BCUT2D eigenvalue weighted by atomic mass is 9.93. The Bertz CT molecular complexity index is 960. The van der Waals surface area contributed by atoms with Gasteiger partial charge in [-0.25, -0.2) is 0 Å². The van der Waals surface area contributed by atoms with Crippen LogP contribution in [-0.4, -0.2) is 65.8 Å². The summed E-state index contributed by atoms with van der Waals surface area (Å²) in [6.07, 6.45) is 10.3. The molecule has 1 atom stereocenters. The Morgan fingerprint density at radius 3 is 2.28 bits per heavy atom. The number of carbonyl (C=O) groups excluding carboxylic acids is 2. The molecule has 0 radical (unpaired) electrons. The number of nitrogens with zero attached hydrogens (tertiary/aromatic N) is 3. The zero-order valence-corrected chi connectivity index (χ0v) is 22.8. The van der Waals surface area contributed by atoms with Gasteiger partial charge in [0.15, 0.2) is 0 Å². The standard InChI is InChI=1S/C30H43N3O2S/c1-2-3-4-5-6-10-14-28(34)31-18-11-19-32(23-22-31)29(35)16-21-33-20-15-27-26(17-24-36-27)30(33)25-12-8-7-9-13-25/h7-9,12-13,17,24,30H,2-6,10-11,14-16,18-23H2,1H3/t30-/m1/s1. The fourth-order valence-corrected chi connectivity index (χ4v) is 6.57. The number of carbonyl (C=O) groups is 2. The van der Waals surface area contributed by atoms with Gasteiger partial charge in [0.2, 0.25) is 11.8 Å². The van der Waals surface area contributed by atoms with E-state index in [1.165, 1.54) is 41.7 Å². The summed E-state index contributed by atoms with van der Waals surface area (Å²) in [7, 11) is 0. The summed E-state index contributed by atoms with van der Waals surface area (Å²) in [6.45, 7) is 6.86. The Morgan fingerprint density at radius 1 is 0.833 bits per heavy atom. The largest absolute Gasteiger partial charge is 0.341 e. The maximum atomic E-state index is 13.2. The van der Waals surface area contributed by atoms with Gasteiger partial charge < -0.3 is 9.80 Å². The van der Waals surface area contributed by atoms with E-state index in [0.717, 1.165) is 51.9 Å². The highest BCUT2D eigenvalue weighted by atomic mass is 32.1. The van der Waals surface area contributed by atoms with Gasteiger partial charge in [-0.1, -0.05) is 69.4 Å². The predicted molar refractivity (Wildman–Crippen MR) is 148 cm³/mol. The molecule has 196 valence electrons. The molecule has 2 aliphatic rings. The van der Waals surface area contributed by atoms with E-state index in [1.807, 2.05) is 21.1 Å². The van der Waals surface area contributed by atoms with Crippen LogP contribution in [0.25, 0.3) is 0 Å². The highest BCUT2D eigenvalue weighted by molar-refractivity contribution is 7.10. The Kier molecular flexibility index (Phi) is 10.4. The van der Waals surface area contributed by atoms with Gasteiger partial charge >= 0.3 is 0 Å². The van der Waals surface area contributed by atoms with Crippen molar-refractivity contribution in [2.45, 2.75) is 77.2 Å². The van der Waals surface area contributed by atoms with Gasteiger partial charge in [0.25, 0.3) is 0 Å². The van der Waals surface area contributed by atoms with Crippen LogP contribution in [0.1, 0.15) is 86.8 Å². The van der Waals surface area contributed by atoms with E-state index in [0.29, 0.717) is 25.9 Å². The van der Waals surface area contributed by atoms with Crippen LogP contribution in [-0.2, 0) is 16.0 Å². The van der Waals surface area contributed by atoms with E-state index < -0.39 is 0 Å². The van der Waals surface area contributed by atoms with Gasteiger partial charge in [0.1, 0.15) is 0 Å². The molecule has 0 saturated carbocycles. The van der Waals surface area contributed by atoms with Gasteiger partial charge in [-0.05, 0) is 41.8 Å². The monoisotopic (exact) mass is 509 g/mol. The molecule has 4 rings (SSSR count). The van der Waals surface area contributed by atoms with E-state index in [1.54, 1.807) is 0 Å². The first-order chi connectivity index (χ1) is 17.7. The number of hydrogen-bond donors (Lipinski definition) is 0. The Balaban J connectivity index is 1.25. The fraction of sp³-hybridized carbons (Fsp3) is 0.600. The number of rotatable bonds is 11. The molecule has 1 fully saturated rings. The average molecular weight is 510 g/mol. The van der Waals surface area contributed by atoms with Crippen LogP contribution in [0.2, 0.25) is 0 Å². The molecule has 2 aromatic rings. The normalized spacial score (nSPS) is 18.6. The molecule has 36 heavy (non-hydrogen) atoms. The van der Waals surface area contributed by atoms with Crippen LogP contribution in [0.15, 0.2) is 41.8 Å². The molecule has 5 nitrogen and oxygen atoms in total. The van der Waals surface area contributed by atoms with Crippen LogP contribution < -0.4 is 0 Å². The minimum Gasteiger partial charge on any atom is -0.341 e. The van der Waals surface area contributed by atoms with Gasteiger partial charge in [-0.15, -0.1) is 11.3 Å². The molecule has 2 aliphatic heterocycles. The van der Waals surface area contributed by atoms with E-state index in [-0.39, 0.29) is 17.9 Å². The lowest BCUT2D eigenvalue weighted by Crippen LogP contribution is -2.40. The lowest BCUT2D eigenvalue weighted by Gasteiger charge is -2.36. The second-order valence-electron chi connectivity index (χ2n) is 10.3. The summed E-state index contributed by atoms with van der Waals surface area (Å²) in [5.41, 5.74) is 2.71. The maximum absolute atomic E-state index is 13.2. The Hall–Kier alpha value is -2.18. The quantitative estimate of drug-likeness (QED) is 0.354. The van der Waals surface area contributed by atoms with E-state index in [4.69, 9.17) is 0 Å². The molecule has 1 aromatic carbocycles.